The molecule has 136 valence electrons. The molecule has 24 heavy (non-hydrogen) atoms. The average Bonchev–Trinajstić information content (AvgIpc) is 2.56. The molecule has 0 aromatic rings. The van der Waals surface area contributed by atoms with Gasteiger partial charge in [0.1, 0.15) is 0 Å². The molecule has 3 aliphatic carbocycles. The van der Waals surface area contributed by atoms with Crippen molar-refractivity contribution in [3.63, 3.8) is 0 Å². The first-order valence-electron chi connectivity index (χ1n) is 9.26. The van der Waals surface area contributed by atoms with Crippen molar-refractivity contribution in [3.8, 4) is 0 Å². The lowest BCUT2D eigenvalue weighted by Gasteiger charge is -2.62. The zero-order chi connectivity index (χ0) is 17.9. The molecule has 2 fully saturated rings. The van der Waals surface area contributed by atoms with Gasteiger partial charge in [-0.2, -0.15) is 0 Å². The maximum Gasteiger partial charge on any atom is 0.197 e. The number of allylic oxidation sites excluding steroid dienone is 2. The summed E-state index contributed by atoms with van der Waals surface area (Å²) in [7, 11) is 0. The van der Waals surface area contributed by atoms with Crippen molar-refractivity contribution in [2.45, 2.75) is 72.3 Å². The van der Waals surface area contributed by atoms with Gasteiger partial charge >= 0.3 is 0 Å². The Morgan fingerprint density at radius 3 is 2.54 bits per heavy atom. The van der Waals surface area contributed by atoms with Crippen LogP contribution in [0.25, 0.3) is 0 Å². The summed E-state index contributed by atoms with van der Waals surface area (Å²) in [5, 5.41) is 20.6. The zero-order valence-electron chi connectivity index (χ0n) is 15.4. The number of aliphatic hydroxyl groups excluding tert-OH is 2. The highest BCUT2D eigenvalue weighted by atomic mass is 35.5. The quantitative estimate of drug-likeness (QED) is 0.711. The second-order valence-corrected chi connectivity index (χ2v) is 9.65. The lowest BCUT2D eigenvalue weighted by atomic mass is 9.42. The van der Waals surface area contributed by atoms with Gasteiger partial charge in [-0.15, -0.1) is 11.6 Å². The number of hydrogen-bond donors (Lipinski definition) is 2. The van der Waals surface area contributed by atoms with Crippen LogP contribution in [0.2, 0.25) is 0 Å². The molecule has 0 heterocycles. The topological polar surface area (TPSA) is 57.5 Å². The first kappa shape index (κ1) is 18.3. The summed E-state index contributed by atoms with van der Waals surface area (Å²) >= 11 is 5.94. The first-order valence-corrected chi connectivity index (χ1v) is 9.79. The van der Waals surface area contributed by atoms with E-state index >= 15 is 0 Å². The number of ketones is 1. The summed E-state index contributed by atoms with van der Waals surface area (Å²) in [6.07, 6.45) is 5.04. The third-order valence-electron chi connectivity index (χ3n) is 8.27. The van der Waals surface area contributed by atoms with Gasteiger partial charge < -0.3 is 10.2 Å². The van der Waals surface area contributed by atoms with Gasteiger partial charge in [-0.25, -0.2) is 0 Å². The lowest BCUT2D eigenvalue weighted by molar-refractivity contribution is -0.141. The van der Waals surface area contributed by atoms with E-state index in [0.717, 1.165) is 37.7 Å². The highest BCUT2D eigenvalue weighted by Crippen LogP contribution is 2.66. The van der Waals surface area contributed by atoms with Crippen molar-refractivity contribution < 1.29 is 15.0 Å². The maximum atomic E-state index is 12.3. The number of rotatable bonds is 2. The van der Waals surface area contributed by atoms with Crippen LogP contribution in [0.4, 0.5) is 0 Å². The van der Waals surface area contributed by atoms with Crippen LogP contribution in [0.1, 0.15) is 66.2 Å². The Labute approximate surface area is 150 Å². The average molecular weight is 355 g/mol. The molecule has 3 nitrogen and oxygen atoms in total. The van der Waals surface area contributed by atoms with Gasteiger partial charge in [0.2, 0.25) is 0 Å². The second kappa shape index (κ2) is 5.74. The lowest BCUT2D eigenvalue weighted by Crippen LogP contribution is -2.56. The first-order chi connectivity index (χ1) is 11.1. The van der Waals surface area contributed by atoms with E-state index in [1.807, 2.05) is 6.92 Å². The van der Waals surface area contributed by atoms with Crippen molar-refractivity contribution in [3.05, 3.63) is 11.3 Å². The van der Waals surface area contributed by atoms with Crippen molar-refractivity contribution in [2.75, 3.05) is 5.88 Å². The highest BCUT2D eigenvalue weighted by Gasteiger charge is 2.60. The van der Waals surface area contributed by atoms with Gasteiger partial charge in [0.15, 0.2) is 11.5 Å². The molecular weight excluding hydrogens is 324 g/mol. The van der Waals surface area contributed by atoms with Crippen LogP contribution in [0.15, 0.2) is 11.3 Å². The molecule has 0 amide bonds. The highest BCUT2D eigenvalue weighted by molar-refractivity contribution is 6.18. The molecule has 0 aromatic carbocycles. The van der Waals surface area contributed by atoms with E-state index in [1.54, 1.807) is 0 Å². The molecule has 3 rings (SSSR count). The van der Waals surface area contributed by atoms with Gasteiger partial charge in [0.25, 0.3) is 0 Å². The predicted octanol–water partition coefficient (Wildman–Crippen LogP) is 4.62. The molecule has 2 saturated carbocycles. The third-order valence-corrected chi connectivity index (χ3v) is 8.57. The molecule has 0 bridgehead atoms. The van der Waals surface area contributed by atoms with Crippen LogP contribution in [-0.2, 0) is 4.79 Å². The number of carbonyl (C=O) groups is 1. The number of hydrogen-bond acceptors (Lipinski definition) is 3. The van der Waals surface area contributed by atoms with E-state index in [4.69, 9.17) is 11.6 Å². The van der Waals surface area contributed by atoms with Crippen LogP contribution in [0.3, 0.4) is 0 Å². The number of fused-ring (bicyclic) bond motifs is 3. The minimum absolute atomic E-state index is 0.00834. The number of alkyl halides is 1. The van der Waals surface area contributed by atoms with Crippen LogP contribution in [0, 0.1) is 28.1 Å². The largest absolute Gasteiger partial charge is 0.504 e. The van der Waals surface area contributed by atoms with E-state index < -0.39 is 6.10 Å². The molecule has 0 spiro atoms. The Bertz CT molecular complexity index is 585. The van der Waals surface area contributed by atoms with Gasteiger partial charge in [0.05, 0.1) is 6.10 Å². The fraction of sp³-hybridized carbons (Fsp3) is 0.850. The fourth-order valence-corrected chi connectivity index (χ4v) is 6.45. The van der Waals surface area contributed by atoms with Crippen molar-refractivity contribution in [1.82, 2.24) is 0 Å². The fourth-order valence-electron chi connectivity index (χ4n) is 6.08. The van der Waals surface area contributed by atoms with E-state index in [1.165, 1.54) is 0 Å². The number of carbonyl (C=O) groups excluding carboxylic acids is 1. The summed E-state index contributed by atoms with van der Waals surface area (Å²) in [6.45, 7) is 8.68. The SMILES string of the molecule is CC1=C(O)C(=O)CC2C1(C)CCC1CC(C)(C(O)CCl)CCC12C. The van der Waals surface area contributed by atoms with Gasteiger partial charge in [-0.05, 0) is 72.7 Å². The molecule has 6 unspecified atom stereocenters. The second-order valence-electron chi connectivity index (χ2n) is 9.34. The van der Waals surface area contributed by atoms with Gasteiger partial charge in [0, 0.05) is 12.3 Å². The standard InChI is InChI=1S/C20H31ClO3/c1-12-17(24)14(22)9-15-19(12,3)6-5-13-10-18(2,16(23)11-21)7-8-20(13,15)4/h13,15-16,23-24H,5-11H2,1-4H3. The minimum atomic E-state index is -0.462. The molecule has 6 atom stereocenters. The minimum Gasteiger partial charge on any atom is -0.504 e. The predicted molar refractivity (Wildman–Crippen MR) is 96.1 cm³/mol. The normalized spacial score (nSPS) is 47.2. The van der Waals surface area contributed by atoms with Crippen LogP contribution in [-0.4, -0.2) is 28.0 Å². The molecule has 0 radical (unpaired) electrons. The van der Waals surface area contributed by atoms with E-state index in [-0.39, 0.29) is 39.6 Å². The van der Waals surface area contributed by atoms with E-state index in [9.17, 15) is 15.0 Å². The summed E-state index contributed by atoms with van der Waals surface area (Å²) in [4.78, 5) is 12.3. The molecular formula is C20H31ClO3. The molecule has 2 N–H and O–H groups in total. The van der Waals surface area contributed by atoms with Gasteiger partial charge in [-0.1, -0.05) is 20.8 Å². The molecule has 0 aliphatic heterocycles. The Kier molecular flexibility index (Phi) is 4.36. The number of Topliss-reactive ketones (excluding diaryl/α,β-unsaturated/α-hetero) is 1. The smallest absolute Gasteiger partial charge is 0.197 e. The monoisotopic (exact) mass is 354 g/mol. The van der Waals surface area contributed by atoms with Crippen molar-refractivity contribution in [2.24, 2.45) is 28.1 Å². The Morgan fingerprint density at radius 1 is 1.25 bits per heavy atom. The number of halogens is 1. The van der Waals surface area contributed by atoms with Crippen LogP contribution in [0.5, 0.6) is 0 Å². The molecule has 4 heteroatoms. The van der Waals surface area contributed by atoms with Crippen LogP contribution < -0.4 is 0 Å². The third kappa shape index (κ3) is 2.38. The Morgan fingerprint density at radius 2 is 1.92 bits per heavy atom. The molecule has 0 aromatic heterocycles. The molecule has 3 aliphatic rings. The summed E-state index contributed by atoms with van der Waals surface area (Å²) in [6, 6.07) is 0. The maximum absolute atomic E-state index is 12.3. The Hall–Kier alpha value is -0.540. The summed E-state index contributed by atoms with van der Waals surface area (Å²) in [5.41, 5.74) is 0.779. The summed E-state index contributed by atoms with van der Waals surface area (Å²) < 4.78 is 0. The Balaban J connectivity index is 1.95. The summed E-state index contributed by atoms with van der Waals surface area (Å²) in [5.74, 6) is 0.993. The van der Waals surface area contributed by atoms with Crippen molar-refractivity contribution in [1.29, 1.82) is 0 Å². The molecule has 0 saturated heterocycles. The van der Waals surface area contributed by atoms with Crippen molar-refractivity contribution >= 4 is 17.4 Å². The number of aliphatic hydroxyl groups is 2. The zero-order valence-corrected chi connectivity index (χ0v) is 16.1. The van der Waals surface area contributed by atoms with E-state index in [0.29, 0.717) is 12.3 Å². The van der Waals surface area contributed by atoms with Gasteiger partial charge in [-0.3, -0.25) is 4.79 Å². The van der Waals surface area contributed by atoms with Crippen LogP contribution >= 0.6 is 11.6 Å². The van der Waals surface area contributed by atoms with E-state index in [2.05, 4.69) is 20.8 Å².